The molecule has 0 spiro atoms. The Hall–Kier alpha value is -2.15. The van der Waals surface area contributed by atoms with Gasteiger partial charge in [0.25, 0.3) is 0 Å². The van der Waals surface area contributed by atoms with Gasteiger partial charge >= 0.3 is 0 Å². The Morgan fingerprint density at radius 3 is 2.80 bits per heavy atom. The van der Waals surface area contributed by atoms with Gasteiger partial charge in [-0.05, 0) is 19.1 Å². The number of hydrogen-bond donors (Lipinski definition) is 1. The van der Waals surface area contributed by atoms with Crippen molar-refractivity contribution in [3.8, 4) is 6.07 Å². The molecule has 0 radical (unpaired) electrons. The maximum absolute atomic E-state index is 11.1. The van der Waals surface area contributed by atoms with Crippen molar-refractivity contribution in [3.63, 3.8) is 0 Å². The van der Waals surface area contributed by atoms with E-state index in [4.69, 9.17) is 5.26 Å². The third-order valence-electron chi connectivity index (χ3n) is 1.79. The molecular formula is C11H10N2O2. The first-order valence-electron chi connectivity index (χ1n) is 4.41. The Morgan fingerprint density at radius 2 is 2.20 bits per heavy atom. The van der Waals surface area contributed by atoms with Crippen LogP contribution in [0.4, 0.5) is 5.69 Å². The third-order valence-corrected chi connectivity index (χ3v) is 1.79. The Morgan fingerprint density at radius 1 is 1.47 bits per heavy atom. The van der Waals surface area contributed by atoms with Gasteiger partial charge in [0.15, 0.2) is 5.78 Å². The van der Waals surface area contributed by atoms with Crippen LogP contribution in [0.2, 0.25) is 0 Å². The van der Waals surface area contributed by atoms with Crippen molar-refractivity contribution >= 4 is 17.4 Å². The lowest BCUT2D eigenvalue weighted by molar-refractivity contribution is -0.115. The number of carbonyl (C=O) groups excluding carboxylic acids is 2. The highest BCUT2D eigenvalue weighted by Gasteiger charge is 2.03. The van der Waals surface area contributed by atoms with E-state index < -0.39 is 0 Å². The van der Waals surface area contributed by atoms with Crippen molar-refractivity contribution in [2.75, 3.05) is 5.32 Å². The van der Waals surface area contributed by atoms with Crippen LogP contribution in [0.1, 0.15) is 23.7 Å². The number of nitriles is 1. The molecule has 4 heteroatoms. The number of nitrogens with one attached hydrogen (secondary N) is 1. The normalized spacial score (nSPS) is 9.07. The number of hydrogen-bond acceptors (Lipinski definition) is 3. The maximum Gasteiger partial charge on any atom is 0.238 e. The van der Waals surface area contributed by atoms with Gasteiger partial charge in [0, 0.05) is 11.3 Å². The zero-order chi connectivity index (χ0) is 11.3. The summed E-state index contributed by atoms with van der Waals surface area (Å²) < 4.78 is 0. The number of ketones is 1. The number of amides is 1. The van der Waals surface area contributed by atoms with Gasteiger partial charge in [-0.15, -0.1) is 0 Å². The van der Waals surface area contributed by atoms with Crippen LogP contribution in [0.25, 0.3) is 0 Å². The van der Waals surface area contributed by atoms with Crippen molar-refractivity contribution in [1.29, 1.82) is 5.26 Å². The van der Waals surface area contributed by atoms with Crippen molar-refractivity contribution < 1.29 is 9.59 Å². The van der Waals surface area contributed by atoms with E-state index >= 15 is 0 Å². The molecule has 0 bridgehead atoms. The largest absolute Gasteiger partial charge is 0.325 e. The van der Waals surface area contributed by atoms with E-state index in [9.17, 15) is 9.59 Å². The van der Waals surface area contributed by atoms with Gasteiger partial charge in [-0.1, -0.05) is 12.1 Å². The summed E-state index contributed by atoms with van der Waals surface area (Å²) in [6.07, 6.45) is -0.190. The Bertz CT molecular complexity index is 432. The highest BCUT2D eigenvalue weighted by molar-refractivity contribution is 5.97. The first-order chi connectivity index (χ1) is 7.13. The minimum absolute atomic E-state index is 0.0635. The van der Waals surface area contributed by atoms with Crippen molar-refractivity contribution in [1.82, 2.24) is 0 Å². The van der Waals surface area contributed by atoms with Gasteiger partial charge in [0.05, 0.1) is 6.07 Å². The van der Waals surface area contributed by atoms with E-state index in [1.807, 2.05) is 0 Å². The van der Waals surface area contributed by atoms with E-state index in [1.54, 1.807) is 30.3 Å². The summed E-state index contributed by atoms with van der Waals surface area (Å²) in [5.74, 6) is -0.440. The Kier molecular flexibility index (Phi) is 3.58. The molecule has 0 aromatic heterocycles. The second-order valence-corrected chi connectivity index (χ2v) is 3.02. The maximum atomic E-state index is 11.1. The molecule has 0 aliphatic heterocycles. The van der Waals surface area contributed by atoms with Crippen molar-refractivity contribution in [2.45, 2.75) is 13.3 Å². The van der Waals surface area contributed by atoms with Gasteiger partial charge in [0.2, 0.25) is 5.91 Å². The van der Waals surface area contributed by atoms with Crippen LogP contribution in [-0.4, -0.2) is 11.7 Å². The summed E-state index contributed by atoms with van der Waals surface area (Å²) in [6.45, 7) is 1.45. The van der Waals surface area contributed by atoms with Crippen LogP contribution in [-0.2, 0) is 4.79 Å². The lowest BCUT2D eigenvalue weighted by Gasteiger charge is -2.03. The molecule has 15 heavy (non-hydrogen) atoms. The zero-order valence-corrected chi connectivity index (χ0v) is 8.28. The number of Topliss-reactive ketones (excluding diaryl/α,β-unsaturated/α-hetero) is 1. The fraction of sp³-hybridized carbons (Fsp3) is 0.182. The molecule has 0 saturated heterocycles. The van der Waals surface area contributed by atoms with E-state index in [0.717, 1.165) is 0 Å². The minimum Gasteiger partial charge on any atom is -0.325 e. The van der Waals surface area contributed by atoms with Crippen LogP contribution in [0.3, 0.4) is 0 Å². The van der Waals surface area contributed by atoms with Crippen molar-refractivity contribution in [3.05, 3.63) is 29.8 Å². The molecule has 76 valence electrons. The van der Waals surface area contributed by atoms with Crippen LogP contribution in [0.5, 0.6) is 0 Å². The molecule has 0 aliphatic rings. The quantitative estimate of drug-likeness (QED) is 0.759. The number of benzene rings is 1. The van der Waals surface area contributed by atoms with Gasteiger partial charge in [-0.25, -0.2) is 0 Å². The predicted molar refractivity (Wildman–Crippen MR) is 55.3 cm³/mol. The highest BCUT2D eigenvalue weighted by Crippen LogP contribution is 2.11. The average Bonchev–Trinajstić information content (AvgIpc) is 2.18. The van der Waals surface area contributed by atoms with Gasteiger partial charge in [-0.3, -0.25) is 9.59 Å². The van der Waals surface area contributed by atoms with E-state index in [1.165, 1.54) is 6.92 Å². The minimum atomic E-state index is -0.377. The number of carbonyl (C=O) groups is 2. The molecule has 0 heterocycles. The number of nitrogens with zero attached hydrogens (tertiary/aromatic N) is 1. The fourth-order valence-corrected chi connectivity index (χ4v) is 1.09. The monoisotopic (exact) mass is 202 g/mol. The topological polar surface area (TPSA) is 70.0 Å². The summed E-state index contributed by atoms with van der Waals surface area (Å²) in [4.78, 5) is 22.1. The smallest absolute Gasteiger partial charge is 0.238 e. The van der Waals surface area contributed by atoms with Crippen LogP contribution >= 0.6 is 0 Å². The Balaban J connectivity index is 2.79. The molecule has 0 atom stereocenters. The van der Waals surface area contributed by atoms with Gasteiger partial charge < -0.3 is 5.32 Å². The fourth-order valence-electron chi connectivity index (χ4n) is 1.09. The number of anilines is 1. The van der Waals surface area contributed by atoms with E-state index in [2.05, 4.69) is 5.32 Å². The molecule has 1 N–H and O–H groups in total. The SMILES string of the molecule is CC(=O)c1cccc(NC(=O)CC#N)c1. The lowest BCUT2D eigenvalue weighted by Crippen LogP contribution is -2.10. The first kappa shape index (κ1) is 10.9. The Labute approximate surface area is 87.5 Å². The van der Waals surface area contributed by atoms with Crippen molar-refractivity contribution in [2.24, 2.45) is 0 Å². The van der Waals surface area contributed by atoms with E-state index in [0.29, 0.717) is 11.3 Å². The predicted octanol–water partition coefficient (Wildman–Crippen LogP) is 1.74. The second kappa shape index (κ2) is 4.91. The summed E-state index contributed by atoms with van der Waals surface area (Å²) in [6, 6.07) is 8.34. The summed E-state index contributed by atoms with van der Waals surface area (Å²) in [5, 5.41) is 10.8. The zero-order valence-electron chi connectivity index (χ0n) is 8.28. The van der Waals surface area contributed by atoms with Crippen LogP contribution in [0.15, 0.2) is 24.3 Å². The molecule has 1 aromatic carbocycles. The standard InChI is InChI=1S/C11H10N2O2/c1-8(14)9-3-2-4-10(7-9)13-11(15)5-6-12/h2-4,7H,5H2,1H3,(H,13,15). The molecule has 0 unspecified atom stereocenters. The summed E-state index contributed by atoms with van der Waals surface area (Å²) >= 11 is 0. The summed E-state index contributed by atoms with van der Waals surface area (Å²) in [5.41, 5.74) is 1.06. The number of rotatable bonds is 3. The second-order valence-electron chi connectivity index (χ2n) is 3.02. The molecule has 0 fully saturated rings. The molecule has 4 nitrogen and oxygen atoms in total. The summed E-state index contributed by atoms with van der Waals surface area (Å²) in [7, 11) is 0. The van der Waals surface area contributed by atoms with Crippen LogP contribution < -0.4 is 5.32 Å². The molecule has 0 aliphatic carbocycles. The average molecular weight is 202 g/mol. The van der Waals surface area contributed by atoms with Crippen LogP contribution in [0, 0.1) is 11.3 Å². The molecule has 1 amide bonds. The highest BCUT2D eigenvalue weighted by atomic mass is 16.1. The first-order valence-corrected chi connectivity index (χ1v) is 4.41. The molecule has 1 aromatic rings. The lowest BCUT2D eigenvalue weighted by atomic mass is 10.1. The molecular weight excluding hydrogens is 192 g/mol. The molecule has 0 saturated carbocycles. The third kappa shape index (κ3) is 3.24. The molecule has 1 rings (SSSR count). The van der Waals surface area contributed by atoms with Gasteiger partial charge in [-0.2, -0.15) is 5.26 Å². The van der Waals surface area contributed by atoms with E-state index in [-0.39, 0.29) is 18.1 Å². The van der Waals surface area contributed by atoms with Gasteiger partial charge in [0.1, 0.15) is 6.42 Å².